The Balaban J connectivity index is 2.19. The molecule has 0 radical (unpaired) electrons. The van der Waals surface area contributed by atoms with Gasteiger partial charge in [0.05, 0.1) is 0 Å². The van der Waals surface area contributed by atoms with Crippen LogP contribution in [0.5, 0.6) is 0 Å². The second kappa shape index (κ2) is 6.81. The molecule has 2 aromatic rings. The molecule has 1 atom stereocenters. The van der Waals surface area contributed by atoms with E-state index in [0.29, 0.717) is 12.3 Å². The van der Waals surface area contributed by atoms with Crippen LogP contribution in [0.1, 0.15) is 25.8 Å². The molecule has 0 saturated heterocycles. The molecule has 0 bridgehead atoms. The van der Waals surface area contributed by atoms with Crippen LogP contribution in [0.4, 0.5) is 0 Å². The van der Waals surface area contributed by atoms with Crippen molar-refractivity contribution in [3.05, 3.63) is 30.0 Å². The number of fused-ring (bicyclic) bond motifs is 1. The number of aromatic nitrogens is 1. The molecular formula is C15H20N2O2S. The molecule has 1 aromatic heterocycles. The van der Waals surface area contributed by atoms with Gasteiger partial charge in [-0.15, -0.1) is 0 Å². The van der Waals surface area contributed by atoms with Gasteiger partial charge in [-0.1, -0.05) is 6.92 Å². The summed E-state index contributed by atoms with van der Waals surface area (Å²) in [5.41, 5.74) is 2.18. The minimum Gasteiger partial charge on any atom is -0.611 e. The summed E-state index contributed by atoms with van der Waals surface area (Å²) in [6.07, 6.45) is 3.63. The highest BCUT2D eigenvalue weighted by Crippen LogP contribution is 2.23. The van der Waals surface area contributed by atoms with Crippen molar-refractivity contribution in [3.8, 4) is 0 Å². The Kier molecular flexibility index (Phi) is 5.09. The fourth-order valence-corrected chi connectivity index (χ4v) is 3.26. The molecule has 0 fully saturated rings. The van der Waals surface area contributed by atoms with E-state index in [4.69, 9.17) is 0 Å². The summed E-state index contributed by atoms with van der Waals surface area (Å²) >= 11 is -0.929. The molecule has 2 N–H and O–H groups in total. The number of aromatic amines is 1. The summed E-state index contributed by atoms with van der Waals surface area (Å²) in [7, 11) is 0. The van der Waals surface area contributed by atoms with Crippen LogP contribution in [0, 0.1) is 0 Å². The first kappa shape index (κ1) is 14.9. The number of hydrogen-bond acceptors (Lipinski definition) is 2. The van der Waals surface area contributed by atoms with Gasteiger partial charge in [0.1, 0.15) is 5.75 Å². The van der Waals surface area contributed by atoms with Crippen LogP contribution >= 0.6 is 0 Å². The van der Waals surface area contributed by atoms with Gasteiger partial charge in [0, 0.05) is 36.6 Å². The normalized spacial score (nSPS) is 12.6. The van der Waals surface area contributed by atoms with Gasteiger partial charge in [-0.05, 0) is 41.7 Å². The summed E-state index contributed by atoms with van der Waals surface area (Å²) in [5, 5.41) is 3.89. The third-order valence-corrected chi connectivity index (χ3v) is 4.72. The lowest BCUT2D eigenvalue weighted by molar-refractivity contribution is -0.118. The first-order chi connectivity index (χ1) is 9.61. The maximum absolute atomic E-state index is 12.1. The summed E-state index contributed by atoms with van der Waals surface area (Å²) in [5.74, 6) is 0.673. The molecule has 4 nitrogen and oxygen atoms in total. The number of carbonyl (C=O) groups excluding carboxylic acids is 1. The zero-order chi connectivity index (χ0) is 14.5. The van der Waals surface area contributed by atoms with Crippen molar-refractivity contribution < 1.29 is 9.35 Å². The number of hydrogen-bond donors (Lipinski definition) is 2. The molecule has 108 valence electrons. The van der Waals surface area contributed by atoms with Crippen LogP contribution in [0.25, 0.3) is 10.9 Å². The van der Waals surface area contributed by atoms with Gasteiger partial charge in [0.15, 0.2) is 4.90 Å². The van der Waals surface area contributed by atoms with Crippen molar-refractivity contribution in [1.82, 2.24) is 10.3 Å². The van der Waals surface area contributed by atoms with E-state index in [1.165, 1.54) is 6.92 Å². The van der Waals surface area contributed by atoms with Crippen molar-refractivity contribution in [2.75, 3.05) is 12.3 Å². The summed E-state index contributed by atoms with van der Waals surface area (Å²) in [6, 6.07) is 5.89. The first-order valence-electron chi connectivity index (χ1n) is 6.84. The van der Waals surface area contributed by atoms with Gasteiger partial charge >= 0.3 is 0 Å². The third kappa shape index (κ3) is 3.55. The van der Waals surface area contributed by atoms with Crippen molar-refractivity contribution in [1.29, 1.82) is 0 Å². The predicted octanol–water partition coefficient (Wildman–Crippen LogP) is 2.36. The number of nitrogens with one attached hydrogen (secondary N) is 2. The third-order valence-electron chi connectivity index (χ3n) is 3.16. The van der Waals surface area contributed by atoms with Crippen LogP contribution in [-0.4, -0.2) is 27.7 Å². The van der Waals surface area contributed by atoms with Crippen molar-refractivity contribution >= 4 is 28.0 Å². The Bertz CT molecular complexity index is 595. The Hall–Kier alpha value is -1.46. The summed E-state index contributed by atoms with van der Waals surface area (Å²) in [4.78, 5) is 15.0. The molecule has 0 aliphatic carbocycles. The van der Waals surface area contributed by atoms with Gasteiger partial charge in [0.2, 0.25) is 5.91 Å². The fraction of sp³-hybridized carbons (Fsp3) is 0.400. The second-order valence-electron chi connectivity index (χ2n) is 4.80. The Morgan fingerprint density at radius 3 is 2.95 bits per heavy atom. The first-order valence-corrected chi connectivity index (χ1v) is 8.16. The lowest BCUT2D eigenvalue weighted by Gasteiger charge is -2.09. The maximum atomic E-state index is 12.1. The Labute approximate surface area is 122 Å². The molecule has 0 aliphatic heterocycles. The van der Waals surface area contributed by atoms with E-state index in [2.05, 4.69) is 10.3 Å². The quantitative estimate of drug-likeness (QED) is 0.803. The minimum absolute atomic E-state index is 0.0189. The van der Waals surface area contributed by atoms with E-state index in [9.17, 15) is 9.35 Å². The number of amides is 1. The van der Waals surface area contributed by atoms with E-state index < -0.39 is 11.2 Å². The zero-order valence-corrected chi connectivity index (χ0v) is 12.7. The van der Waals surface area contributed by atoms with Gasteiger partial charge in [-0.25, -0.2) is 0 Å². The molecule has 1 aromatic carbocycles. The predicted molar refractivity (Wildman–Crippen MR) is 82.3 cm³/mol. The van der Waals surface area contributed by atoms with Crippen LogP contribution in [0.2, 0.25) is 0 Å². The van der Waals surface area contributed by atoms with Gasteiger partial charge in [-0.3, -0.25) is 4.79 Å². The molecule has 0 saturated carbocycles. The standard InChI is InChI=1S/C15H20N2O2S/c1-3-8-20(19)13-4-5-15-14(9-13)12(10-17-15)6-7-16-11(2)18/h4-5,9-10,17H,3,6-8H2,1-2H3,(H,16,18). The van der Waals surface area contributed by atoms with Gasteiger partial charge < -0.3 is 14.9 Å². The monoisotopic (exact) mass is 292 g/mol. The van der Waals surface area contributed by atoms with E-state index in [1.54, 1.807) is 0 Å². The van der Waals surface area contributed by atoms with E-state index in [1.807, 2.05) is 31.3 Å². The topological polar surface area (TPSA) is 67.9 Å². The SMILES string of the molecule is CCC[S+]([O-])c1ccc2[nH]cc(CCNC(C)=O)c2c1. The van der Waals surface area contributed by atoms with Crippen LogP contribution in [0.3, 0.4) is 0 Å². The zero-order valence-electron chi connectivity index (χ0n) is 11.9. The average Bonchev–Trinajstić information content (AvgIpc) is 2.81. The van der Waals surface area contributed by atoms with Crippen LogP contribution in [0.15, 0.2) is 29.3 Å². The smallest absolute Gasteiger partial charge is 0.216 e. The van der Waals surface area contributed by atoms with Crippen LogP contribution < -0.4 is 5.32 Å². The van der Waals surface area contributed by atoms with Crippen molar-refractivity contribution in [3.63, 3.8) is 0 Å². The molecule has 2 rings (SSSR count). The second-order valence-corrected chi connectivity index (χ2v) is 6.37. The average molecular weight is 292 g/mol. The molecule has 1 unspecified atom stereocenters. The number of rotatable bonds is 6. The highest BCUT2D eigenvalue weighted by Gasteiger charge is 2.12. The van der Waals surface area contributed by atoms with E-state index in [0.717, 1.165) is 34.2 Å². The van der Waals surface area contributed by atoms with E-state index in [-0.39, 0.29) is 5.91 Å². The molecule has 20 heavy (non-hydrogen) atoms. The van der Waals surface area contributed by atoms with Gasteiger partial charge in [-0.2, -0.15) is 0 Å². The fourth-order valence-electron chi connectivity index (χ4n) is 2.18. The highest BCUT2D eigenvalue weighted by atomic mass is 32.2. The molecule has 0 spiro atoms. The molecule has 1 heterocycles. The number of H-pyrrole nitrogens is 1. The molecule has 0 aliphatic rings. The minimum atomic E-state index is -0.929. The summed E-state index contributed by atoms with van der Waals surface area (Å²) < 4.78 is 12.1. The number of benzene rings is 1. The lowest BCUT2D eigenvalue weighted by atomic mass is 10.1. The summed E-state index contributed by atoms with van der Waals surface area (Å²) in [6.45, 7) is 4.16. The number of carbonyl (C=O) groups is 1. The Morgan fingerprint density at radius 1 is 1.45 bits per heavy atom. The molecule has 5 heteroatoms. The lowest BCUT2D eigenvalue weighted by Crippen LogP contribution is -2.22. The largest absolute Gasteiger partial charge is 0.611 e. The highest BCUT2D eigenvalue weighted by molar-refractivity contribution is 7.91. The Morgan fingerprint density at radius 2 is 2.25 bits per heavy atom. The van der Waals surface area contributed by atoms with Crippen molar-refractivity contribution in [2.45, 2.75) is 31.6 Å². The van der Waals surface area contributed by atoms with Crippen molar-refractivity contribution in [2.24, 2.45) is 0 Å². The van der Waals surface area contributed by atoms with E-state index >= 15 is 0 Å². The van der Waals surface area contributed by atoms with Crippen LogP contribution in [-0.2, 0) is 22.4 Å². The molecule has 1 amide bonds. The molecular weight excluding hydrogens is 272 g/mol. The van der Waals surface area contributed by atoms with Gasteiger partial charge in [0.25, 0.3) is 0 Å². The maximum Gasteiger partial charge on any atom is 0.216 e.